The normalized spacial score (nSPS) is 13.2. The minimum atomic E-state index is 0.555. The first-order chi connectivity index (χ1) is 31.8. The monoisotopic (exact) mass is 820 g/mol. The fraction of sp³-hybridized carbons (Fsp3) is 0.0968. The van der Waals surface area contributed by atoms with Crippen LogP contribution in [0, 0.1) is 0 Å². The maximum Gasteiger partial charge on any atom is 0.0782 e. The van der Waals surface area contributed by atoms with Crippen molar-refractivity contribution in [2.45, 2.75) is 38.0 Å². The fourth-order valence-corrected chi connectivity index (χ4v) is 10.9. The van der Waals surface area contributed by atoms with E-state index in [4.69, 9.17) is 0 Å². The quantitative estimate of drug-likeness (QED) is 0.148. The molecule has 0 bridgehead atoms. The number of anilines is 3. The molecule has 1 heterocycles. The Morgan fingerprint density at radius 2 is 0.984 bits per heavy atom. The Morgan fingerprint density at radius 1 is 0.375 bits per heavy atom. The van der Waals surface area contributed by atoms with Crippen molar-refractivity contribution in [3.05, 3.63) is 230 Å². The summed E-state index contributed by atoms with van der Waals surface area (Å²) in [5.74, 6) is 0.555. The van der Waals surface area contributed by atoms with E-state index in [1.165, 1.54) is 114 Å². The molecule has 0 atom stereocenters. The fourth-order valence-electron chi connectivity index (χ4n) is 10.9. The minimum Gasteiger partial charge on any atom is -0.307 e. The molecule has 0 N–H and O–H groups in total. The SMILES string of the molecule is c1ccc(-c2ccc(-c3cccc4ccccc34)cc2N(c2ccccc2-c2cccc3cccc(C4CCCCC4)c23)c2cccc3c4ccccc4n(-c4ccccc4)c23)cc1. The molecule has 2 nitrogen and oxygen atoms in total. The van der Waals surface area contributed by atoms with Crippen LogP contribution in [0.15, 0.2) is 224 Å². The van der Waals surface area contributed by atoms with E-state index in [0.29, 0.717) is 5.92 Å². The summed E-state index contributed by atoms with van der Waals surface area (Å²) < 4.78 is 2.48. The Morgan fingerprint density at radius 3 is 1.83 bits per heavy atom. The van der Waals surface area contributed by atoms with Crippen molar-refractivity contribution >= 4 is 60.4 Å². The van der Waals surface area contributed by atoms with Crippen LogP contribution in [0.3, 0.4) is 0 Å². The second kappa shape index (κ2) is 16.2. The number of rotatable bonds is 8. The summed E-state index contributed by atoms with van der Waals surface area (Å²) in [5.41, 5.74) is 15.6. The lowest BCUT2D eigenvalue weighted by atomic mass is 9.80. The summed E-state index contributed by atoms with van der Waals surface area (Å²) in [4.78, 5) is 2.59. The molecule has 0 radical (unpaired) electrons. The highest BCUT2D eigenvalue weighted by atomic mass is 15.2. The highest BCUT2D eigenvalue weighted by Crippen LogP contribution is 2.51. The maximum atomic E-state index is 2.59. The first kappa shape index (κ1) is 38.0. The number of benzene rings is 10. The van der Waals surface area contributed by atoms with Gasteiger partial charge in [0, 0.05) is 27.6 Å². The molecule has 1 aliphatic rings. The lowest BCUT2D eigenvalue weighted by molar-refractivity contribution is 0.445. The third-order valence-electron chi connectivity index (χ3n) is 13.8. The predicted molar refractivity (Wildman–Crippen MR) is 273 cm³/mol. The number of hydrogen-bond donors (Lipinski definition) is 0. The summed E-state index contributed by atoms with van der Waals surface area (Å²) in [7, 11) is 0. The second-order valence-corrected chi connectivity index (χ2v) is 17.4. The van der Waals surface area contributed by atoms with Crippen LogP contribution >= 0.6 is 0 Å². The van der Waals surface area contributed by atoms with Crippen LogP contribution in [0.1, 0.15) is 43.6 Å². The van der Waals surface area contributed by atoms with Gasteiger partial charge in [-0.1, -0.05) is 207 Å². The molecule has 1 aliphatic carbocycles. The number of hydrogen-bond acceptors (Lipinski definition) is 1. The highest BCUT2D eigenvalue weighted by Gasteiger charge is 2.27. The van der Waals surface area contributed by atoms with Gasteiger partial charge in [-0.15, -0.1) is 0 Å². The Balaban J connectivity index is 1.22. The smallest absolute Gasteiger partial charge is 0.0782 e. The van der Waals surface area contributed by atoms with Crippen molar-refractivity contribution in [2.75, 3.05) is 4.90 Å². The van der Waals surface area contributed by atoms with E-state index in [1.54, 1.807) is 0 Å². The van der Waals surface area contributed by atoms with E-state index in [2.05, 4.69) is 234 Å². The number of para-hydroxylation sites is 4. The van der Waals surface area contributed by atoms with Crippen molar-refractivity contribution in [2.24, 2.45) is 0 Å². The van der Waals surface area contributed by atoms with Gasteiger partial charge < -0.3 is 9.47 Å². The Labute approximate surface area is 375 Å². The summed E-state index contributed by atoms with van der Waals surface area (Å²) in [6.07, 6.45) is 6.41. The van der Waals surface area contributed by atoms with Crippen molar-refractivity contribution in [3.63, 3.8) is 0 Å². The van der Waals surface area contributed by atoms with Crippen LogP contribution in [0.25, 0.3) is 82.4 Å². The van der Waals surface area contributed by atoms with E-state index in [0.717, 1.165) is 22.7 Å². The molecule has 2 heteroatoms. The Hall–Kier alpha value is -7.68. The van der Waals surface area contributed by atoms with Gasteiger partial charge >= 0.3 is 0 Å². The molecule has 0 unspecified atom stereocenters. The van der Waals surface area contributed by atoms with Crippen molar-refractivity contribution in [1.29, 1.82) is 0 Å². The van der Waals surface area contributed by atoms with Gasteiger partial charge in [-0.25, -0.2) is 0 Å². The molecule has 0 spiro atoms. The minimum absolute atomic E-state index is 0.555. The first-order valence-electron chi connectivity index (χ1n) is 23.0. The molecular weight excluding hydrogens is 773 g/mol. The lowest BCUT2D eigenvalue weighted by Crippen LogP contribution is -2.14. The van der Waals surface area contributed by atoms with Crippen molar-refractivity contribution in [1.82, 2.24) is 4.57 Å². The molecule has 1 fully saturated rings. The average Bonchev–Trinajstić information content (AvgIpc) is 3.72. The van der Waals surface area contributed by atoms with Crippen LogP contribution in [0.4, 0.5) is 17.1 Å². The van der Waals surface area contributed by atoms with Gasteiger partial charge in [-0.3, -0.25) is 0 Å². The zero-order valence-corrected chi connectivity index (χ0v) is 35.9. The molecule has 0 aliphatic heterocycles. The zero-order chi connectivity index (χ0) is 42.4. The molecule has 0 amide bonds. The van der Waals surface area contributed by atoms with E-state index < -0.39 is 0 Å². The third-order valence-corrected chi connectivity index (χ3v) is 13.8. The molecule has 1 aromatic heterocycles. The molecule has 64 heavy (non-hydrogen) atoms. The predicted octanol–water partition coefficient (Wildman–Crippen LogP) is 17.6. The van der Waals surface area contributed by atoms with Gasteiger partial charge in [0.05, 0.1) is 28.1 Å². The standard InChI is InChI=1S/C62H48N2/c1-4-20-44(21-5-1)51-41-40-47(50-33-16-25-43-24-10-11-30-49(43)50)42-60(51)64(59-39-19-36-56-54-32-13-14-37-57(54)63(62(56)59)48-28-8-3-9-29-48)58-38-15-12-31-53(58)55-35-18-27-46-26-17-34-52(61(46)55)45-22-6-2-7-23-45/h1,3-5,8-21,24-42,45H,2,6-7,22-23H2. The summed E-state index contributed by atoms with van der Waals surface area (Å²) in [6, 6.07) is 83.3. The van der Waals surface area contributed by atoms with Crippen LogP contribution in [-0.2, 0) is 0 Å². The van der Waals surface area contributed by atoms with Gasteiger partial charge in [0.1, 0.15) is 0 Å². The van der Waals surface area contributed by atoms with Gasteiger partial charge in [0.2, 0.25) is 0 Å². The zero-order valence-electron chi connectivity index (χ0n) is 35.9. The Bertz CT molecular complexity index is 3470. The topological polar surface area (TPSA) is 8.17 Å². The van der Waals surface area contributed by atoms with Crippen molar-refractivity contribution in [3.8, 4) is 39.1 Å². The van der Waals surface area contributed by atoms with Gasteiger partial charge in [-0.2, -0.15) is 0 Å². The number of aromatic nitrogens is 1. The van der Waals surface area contributed by atoms with E-state index >= 15 is 0 Å². The van der Waals surface area contributed by atoms with Crippen LogP contribution in [0.5, 0.6) is 0 Å². The van der Waals surface area contributed by atoms with Gasteiger partial charge in [-0.05, 0) is 105 Å². The number of fused-ring (bicyclic) bond motifs is 5. The summed E-state index contributed by atoms with van der Waals surface area (Å²) in [5, 5.41) is 7.61. The van der Waals surface area contributed by atoms with E-state index in [9.17, 15) is 0 Å². The van der Waals surface area contributed by atoms with Gasteiger partial charge in [0.25, 0.3) is 0 Å². The molecule has 306 valence electrons. The first-order valence-corrected chi connectivity index (χ1v) is 23.0. The van der Waals surface area contributed by atoms with Crippen LogP contribution in [-0.4, -0.2) is 4.57 Å². The molecule has 12 rings (SSSR count). The number of nitrogens with zero attached hydrogens (tertiary/aromatic N) is 2. The van der Waals surface area contributed by atoms with Crippen LogP contribution in [0.2, 0.25) is 0 Å². The molecule has 11 aromatic rings. The molecule has 0 saturated heterocycles. The molecular formula is C62H48N2. The summed E-state index contributed by atoms with van der Waals surface area (Å²) in [6.45, 7) is 0. The van der Waals surface area contributed by atoms with Gasteiger partial charge in [0.15, 0.2) is 0 Å². The maximum absolute atomic E-state index is 2.59. The second-order valence-electron chi connectivity index (χ2n) is 17.4. The highest BCUT2D eigenvalue weighted by molar-refractivity contribution is 6.16. The third kappa shape index (κ3) is 6.48. The van der Waals surface area contributed by atoms with E-state index in [-0.39, 0.29) is 0 Å². The van der Waals surface area contributed by atoms with Crippen LogP contribution < -0.4 is 4.90 Å². The summed E-state index contributed by atoms with van der Waals surface area (Å²) >= 11 is 0. The lowest BCUT2D eigenvalue weighted by Gasteiger charge is -2.32. The molecule has 1 saturated carbocycles. The molecule has 10 aromatic carbocycles. The largest absolute Gasteiger partial charge is 0.307 e. The van der Waals surface area contributed by atoms with Crippen molar-refractivity contribution < 1.29 is 0 Å². The van der Waals surface area contributed by atoms with E-state index in [1.807, 2.05) is 0 Å². The average molecular weight is 821 g/mol. The Kier molecular flexibility index (Phi) is 9.64.